The zero-order chi connectivity index (χ0) is 11.7. The van der Waals surface area contributed by atoms with Gasteiger partial charge in [0.25, 0.3) is 0 Å². The molecular formula is C14H19NO. The number of benzene rings is 1. The molecule has 0 saturated carbocycles. The number of hydrogen-bond donors (Lipinski definition) is 1. The summed E-state index contributed by atoms with van der Waals surface area (Å²) in [5.41, 5.74) is 3.59. The van der Waals surface area contributed by atoms with Gasteiger partial charge in [0.05, 0.1) is 6.54 Å². The molecule has 86 valence electrons. The molecule has 0 spiro atoms. The van der Waals surface area contributed by atoms with E-state index in [0.717, 1.165) is 17.9 Å². The summed E-state index contributed by atoms with van der Waals surface area (Å²) in [6, 6.07) is 6.91. The molecule has 1 heterocycles. The van der Waals surface area contributed by atoms with Crippen molar-refractivity contribution in [2.24, 2.45) is 0 Å². The summed E-state index contributed by atoms with van der Waals surface area (Å²) in [7, 11) is 0. The van der Waals surface area contributed by atoms with Crippen LogP contribution in [0.15, 0.2) is 22.6 Å². The molecule has 0 saturated heterocycles. The summed E-state index contributed by atoms with van der Waals surface area (Å²) >= 11 is 0. The third kappa shape index (κ3) is 2.27. The number of rotatable bonds is 3. The maximum absolute atomic E-state index is 5.79. The summed E-state index contributed by atoms with van der Waals surface area (Å²) in [5.74, 6) is 1.01. The van der Waals surface area contributed by atoms with Crippen molar-refractivity contribution < 1.29 is 4.42 Å². The third-order valence-corrected chi connectivity index (χ3v) is 2.87. The van der Waals surface area contributed by atoms with Crippen LogP contribution in [0.1, 0.15) is 30.7 Å². The van der Waals surface area contributed by atoms with Crippen molar-refractivity contribution in [1.29, 1.82) is 0 Å². The molecule has 0 fully saturated rings. The Balaban J connectivity index is 2.29. The Morgan fingerprint density at radius 2 is 1.81 bits per heavy atom. The Labute approximate surface area is 96.6 Å². The Morgan fingerprint density at radius 1 is 1.12 bits per heavy atom. The van der Waals surface area contributed by atoms with Crippen LogP contribution < -0.4 is 5.32 Å². The van der Waals surface area contributed by atoms with Crippen LogP contribution in [0, 0.1) is 13.8 Å². The number of fused-ring (bicyclic) bond motifs is 1. The van der Waals surface area contributed by atoms with Crippen molar-refractivity contribution in [1.82, 2.24) is 5.32 Å². The van der Waals surface area contributed by atoms with Crippen molar-refractivity contribution in [3.05, 3.63) is 35.1 Å². The third-order valence-electron chi connectivity index (χ3n) is 2.87. The minimum atomic E-state index is 0.483. The van der Waals surface area contributed by atoms with Crippen molar-refractivity contribution >= 4 is 11.0 Å². The normalized spacial score (nSPS) is 11.6. The van der Waals surface area contributed by atoms with E-state index in [2.05, 4.69) is 51.2 Å². The molecule has 2 rings (SSSR count). The van der Waals surface area contributed by atoms with Crippen molar-refractivity contribution in [2.45, 2.75) is 40.3 Å². The molecule has 1 N–H and O–H groups in total. The van der Waals surface area contributed by atoms with E-state index in [4.69, 9.17) is 4.42 Å². The minimum absolute atomic E-state index is 0.483. The van der Waals surface area contributed by atoms with Crippen LogP contribution in [0.25, 0.3) is 11.0 Å². The SMILES string of the molecule is Cc1cc2cc(CNC(C)C)oc2cc1C. The van der Waals surface area contributed by atoms with Gasteiger partial charge in [-0.1, -0.05) is 13.8 Å². The van der Waals surface area contributed by atoms with Gasteiger partial charge in [0, 0.05) is 11.4 Å². The number of hydrogen-bond acceptors (Lipinski definition) is 2. The zero-order valence-electron chi connectivity index (χ0n) is 10.4. The predicted octanol–water partition coefficient (Wildman–Crippen LogP) is 3.55. The van der Waals surface area contributed by atoms with Crippen molar-refractivity contribution in [2.75, 3.05) is 0 Å². The fraction of sp³-hybridized carbons (Fsp3) is 0.429. The summed E-state index contributed by atoms with van der Waals surface area (Å²) in [6.45, 7) is 9.31. The quantitative estimate of drug-likeness (QED) is 0.850. The summed E-state index contributed by atoms with van der Waals surface area (Å²) < 4.78 is 5.79. The van der Waals surface area contributed by atoms with E-state index in [-0.39, 0.29) is 0 Å². The van der Waals surface area contributed by atoms with Crippen LogP contribution in [-0.2, 0) is 6.54 Å². The first-order valence-corrected chi connectivity index (χ1v) is 5.79. The molecule has 0 aliphatic rings. The van der Waals surface area contributed by atoms with E-state index < -0.39 is 0 Å². The first kappa shape index (κ1) is 11.2. The average molecular weight is 217 g/mol. The maximum Gasteiger partial charge on any atom is 0.134 e. The molecule has 0 atom stereocenters. The molecule has 0 aliphatic heterocycles. The highest BCUT2D eigenvalue weighted by Crippen LogP contribution is 2.23. The highest BCUT2D eigenvalue weighted by atomic mass is 16.3. The van der Waals surface area contributed by atoms with E-state index >= 15 is 0 Å². The van der Waals surface area contributed by atoms with E-state index in [9.17, 15) is 0 Å². The Morgan fingerprint density at radius 3 is 2.50 bits per heavy atom. The van der Waals surface area contributed by atoms with Gasteiger partial charge >= 0.3 is 0 Å². The molecule has 0 amide bonds. The topological polar surface area (TPSA) is 25.2 Å². The lowest BCUT2D eigenvalue weighted by molar-refractivity contribution is 0.488. The molecule has 0 radical (unpaired) electrons. The van der Waals surface area contributed by atoms with Crippen LogP contribution in [-0.4, -0.2) is 6.04 Å². The molecule has 0 bridgehead atoms. The second-order valence-corrected chi connectivity index (χ2v) is 4.72. The summed E-state index contributed by atoms with van der Waals surface area (Å²) in [4.78, 5) is 0. The molecule has 1 aromatic carbocycles. The predicted molar refractivity (Wildman–Crippen MR) is 67.7 cm³/mol. The fourth-order valence-electron chi connectivity index (χ4n) is 1.75. The van der Waals surface area contributed by atoms with Crippen LogP contribution >= 0.6 is 0 Å². The number of furan rings is 1. The monoisotopic (exact) mass is 217 g/mol. The van der Waals surface area contributed by atoms with Gasteiger partial charge in [-0.25, -0.2) is 0 Å². The van der Waals surface area contributed by atoms with Crippen LogP contribution in [0.2, 0.25) is 0 Å². The van der Waals surface area contributed by atoms with Gasteiger partial charge in [-0.15, -0.1) is 0 Å². The van der Waals surface area contributed by atoms with E-state index in [0.29, 0.717) is 6.04 Å². The molecule has 0 aliphatic carbocycles. The van der Waals surface area contributed by atoms with Gasteiger partial charge in [-0.05, 0) is 43.2 Å². The number of aryl methyl sites for hydroxylation is 2. The maximum atomic E-state index is 5.79. The Bertz CT molecular complexity index is 458. The lowest BCUT2D eigenvalue weighted by Gasteiger charge is -2.04. The van der Waals surface area contributed by atoms with Crippen LogP contribution in [0.4, 0.5) is 0 Å². The van der Waals surface area contributed by atoms with Gasteiger partial charge in [-0.3, -0.25) is 0 Å². The highest BCUT2D eigenvalue weighted by Gasteiger charge is 2.05. The fourth-order valence-corrected chi connectivity index (χ4v) is 1.75. The van der Waals surface area contributed by atoms with Gasteiger partial charge in [0.2, 0.25) is 0 Å². The molecule has 16 heavy (non-hydrogen) atoms. The van der Waals surface area contributed by atoms with Gasteiger partial charge in [0.1, 0.15) is 11.3 Å². The van der Waals surface area contributed by atoms with E-state index in [1.54, 1.807) is 0 Å². The van der Waals surface area contributed by atoms with E-state index in [1.165, 1.54) is 16.5 Å². The second-order valence-electron chi connectivity index (χ2n) is 4.72. The van der Waals surface area contributed by atoms with Gasteiger partial charge < -0.3 is 9.73 Å². The molecule has 2 aromatic rings. The van der Waals surface area contributed by atoms with Crippen LogP contribution in [0.5, 0.6) is 0 Å². The number of nitrogens with one attached hydrogen (secondary N) is 1. The summed E-state index contributed by atoms with van der Waals surface area (Å²) in [6.07, 6.45) is 0. The standard InChI is InChI=1S/C14H19NO/c1-9(2)15-8-13-7-12-5-10(3)11(4)6-14(12)16-13/h5-7,9,15H,8H2,1-4H3. The van der Waals surface area contributed by atoms with Crippen molar-refractivity contribution in [3.8, 4) is 0 Å². The second kappa shape index (κ2) is 4.30. The van der Waals surface area contributed by atoms with Crippen LogP contribution in [0.3, 0.4) is 0 Å². The lowest BCUT2D eigenvalue weighted by Crippen LogP contribution is -2.21. The highest BCUT2D eigenvalue weighted by molar-refractivity contribution is 5.79. The lowest BCUT2D eigenvalue weighted by atomic mass is 10.1. The smallest absolute Gasteiger partial charge is 0.134 e. The Kier molecular flexibility index (Phi) is 3.01. The minimum Gasteiger partial charge on any atom is -0.460 e. The van der Waals surface area contributed by atoms with Gasteiger partial charge in [-0.2, -0.15) is 0 Å². The molecular weight excluding hydrogens is 198 g/mol. The molecule has 0 unspecified atom stereocenters. The molecule has 2 heteroatoms. The molecule has 1 aromatic heterocycles. The average Bonchev–Trinajstić information content (AvgIpc) is 2.58. The first-order valence-electron chi connectivity index (χ1n) is 5.79. The van der Waals surface area contributed by atoms with Gasteiger partial charge in [0.15, 0.2) is 0 Å². The molecule has 2 nitrogen and oxygen atoms in total. The largest absolute Gasteiger partial charge is 0.460 e. The Hall–Kier alpha value is -1.28. The van der Waals surface area contributed by atoms with E-state index in [1.807, 2.05) is 0 Å². The zero-order valence-corrected chi connectivity index (χ0v) is 10.4. The summed E-state index contributed by atoms with van der Waals surface area (Å²) in [5, 5.41) is 4.56. The first-order chi connectivity index (χ1) is 7.56. The van der Waals surface area contributed by atoms with Crippen molar-refractivity contribution in [3.63, 3.8) is 0 Å².